The summed E-state index contributed by atoms with van der Waals surface area (Å²) in [6, 6.07) is 0.298. The first kappa shape index (κ1) is 13.8. The van der Waals surface area contributed by atoms with Gasteiger partial charge >= 0.3 is 0 Å². The van der Waals surface area contributed by atoms with Gasteiger partial charge in [-0.25, -0.2) is 0 Å². The van der Waals surface area contributed by atoms with E-state index in [4.69, 9.17) is 18.0 Å². The molecule has 1 atom stereocenters. The molecule has 0 bridgehead atoms. The molecule has 102 valence electrons. The summed E-state index contributed by atoms with van der Waals surface area (Å²) in [5, 5.41) is 3.18. The van der Waals surface area contributed by atoms with Crippen LogP contribution >= 0.6 is 12.2 Å². The smallest absolute Gasteiger partial charge is 0.233 e. The van der Waals surface area contributed by atoms with Gasteiger partial charge in [0.15, 0.2) is 0 Å². The monoisotopic (exact) mass is 268 g/mol. The van der Waals surface area contributed by atoms with E-state index in [1.807, 2.05) is 0 Å². The maximum absolute atomic E-state index is 12.4. The van der Waals surface area contributed by atoms with Crippen molar-refractivity contribution >= 4 is 23.1 Å². The highest BCUT2D eigenvalue weighted by Gasteiger charge is 2.51. The Morgan fingerprint density at radius 1 is 1.50 bits per heavy atom. The number of nitrogens with two attached hydrogens (primary N) is 1. The molecule has 0 aliphatic heterocycles. The molecule has 4 heteroatoms. The van der Waals surface area contributed by atoms with E-state index < -0.39 is 5.41 Å². The van der Waals surface area contributed by atoms with Gasteiger partial charge in [0.2, 0.25) is 5.91 Å². The highest BCUT2D eigenvalue weighted by molar-refractivity contribution is 7.80. The number of hydrogen-bond donors (Lipinski definition) is 2. The Morgan fingerprint density at radius 2 is 2.11 bits per heavy atom. The molecule has 2 aliphatic carbocycles. The zero-order valence-corrected chi connectivity index (χ0v) is 12.2. The molecule has 1 unspecified atom stereocenters. The van der Waals surface area contributed by atoms with E-state index in [1.54, 1.807) is 0 Å². The minimum absolute atomic E-state index is 0.0700. The van der Waals surface area contributed by atoms with E-state index in [9.17, 15) is 4.79 Å². The Bertz CT molecular complexity index is 346. The third-order valence-corrected chi connectivity index (χ3v) is 4.83. The zero-order chi connectivity index (χ0) is 13.3. The summed E-state index contributed by atoms with van der Waals surface area (Å²) < 4.78 is 0. The summed E-state index contributed by atoms with van der Waals surface area (Å²) in [6.45, 7) is 4.27. The van der Waals surface area contributed by atoms with Crippen molar-refractivity contribution in [3.05, 3.63) is 0 Å². The molecule has 2 saturated carbocycles. The van der Waals surface area contributed by atoms with Crippen molar-refractivity contribution in [1.29, 1.82) is 0 Å². The van der Waals surface area contributed by atoms with Gasteiger partial charge < -0.3 is 11.1 Å². The predicted octanol–water partition coefficient (Wildman–Crippen LogP) is 2.38. The second kappa shape index (κ2) is 5.16. The first-order chi connectivity index (χ1) is 8.48. The quantitative estimate of drug-likeness (QED) is 0.727. The van der Waals surface area contributed by atoms with Crippen LogP contribution in [0.1, 0.15) is 52.4 Å². The molecule has 3 N–H and O–H groups in total. The van der Waals surface area contributed by atoms with Crippen LogP contribution in [0.15, 0.2) is 0 Å². The number of carbonyl (C=O) groups is 1. The van der Waals surface area contributed by atoms with Crippen molar-refractivity contribution in [3.8, 4) is 0 Å². The lowest BCUT2D eigenvalue weighted by molar-refractivity contribution is -0.133. The van der Waals surface area contributed by atoms with E-state index >= 15 is 0 Å². The number of thiocarbonyl (C=S) groups is 1. The predicted molar refractivity (Wildman–Crippen MR) is 77.2 cm³/mol. The number of carbonyl (C=O) groups excluding carboxylic acids is 1. The van der Waals surface area contributed by atoms with Crippen LogP contribution < -0.4 is 11.1 Å². The average Bonchev–Trinajstić information content (AvgIpc) is 3.06. The molecule has 2 fully saturated rings. The van der Waals surface area contributed by atoms with Crippen LogP contribution in [0.2, 0.25) is 0 Å². The number of nitrogens with one attached hydrogen (secondary N) is 1. The van der Waals surface area contributed by atoms with Gasteiger partial charge in [-0.3, -0.25) is 4.79 Å². The summed E-state index contributed by atoms with van der Waals surface area (Å²) >= 11 is 5.12. The second-order valence-corrected chi connectivity index (χ2v) is 6.66. The van der Waals surface area contributed by atoms with E-state index in [2.05, 4.69) is 19.2 Å². The molecule has 0 aromatic rings. The maximum Gasteiger partial charge on any atom is 0.233 e. The maximum atomic E-state index is 12.4. The van der Waals surface area contributed by atoms with Crippen LogP contribution in [0.4, 0.5) is 0 Å². The van der Waals surface area contributed by atoms with Crippen LogP contribution in [0.25, 0.3) is 0 Å². The lowest BCUT2D eigenvalue weighted by Gasteiger charge is -2.44. The summed E-state index contributed by atoms with van der Waals surface area (Å²) in [5.41, 5.74) is 5.25. The van der Waals surface area contributed by atoms with Crippen molar-refractivity contribution in [2.75, 3.05) is 0 Å². The number of hydrogen-bond acceptors (Lipinski definition) is 2. The molecule has 0 saturated heterocycles. The molecule has 2 aliphatic rings. The van der Waals surface area contributed by atoms with Crippen molar-refractivity contribution in [1.82, 2.24) is 5.32 Å². The minimum Gasteiger partial charge on any atom is -0.392 e. The number of amides is 1. The van der Waals surface area contributed by atoms with Crippen LogP contribution in [0.5, 0.6) is 0 Å². The molecule has 2 rings (SSSR count). The molecular weight excluding hydrogens is 244 g/mol. The van der Waals surface area contributed by atoms with Gasteiger partial charge in [-0.15, -0.1) is 0 Å². The van der Waals surface area contributed by atoms with Crippen LogP contribution in [-0.4, -0.2) is 16.9 Å². The molecule has 18 heavy (non-hydrogen) atoms. The molecule has 0 radical (unpaired) electrons. The SMILES string of the molecule is CCC(CC1CC1)NC(=O)C1(C(N)=S)CC(C)C1. The fourth-order valence-corrected chi connectivity index (χ4v) is 3.29. The van der Waals surface area contributed by atoms with Crippen LogP contribution in [0.3, 0.4) is 0 Å². The Kier molecular flexibility index (Phi) is 3.95. The van der Waals surface area contributed by atoms with Crippen molar-refractivity contribution in [3.63, 3.8) is 0 Å². The third kappa shape index (κ3) is 2.68. The first-order valence-corrected chi connectivity index (χ1v) is 7.49. The van der Waals surface area contributed by atoms with Gasteiger partial charge in [0.1, 0.15) is 0 Å². The first-order valence-electron chi connectivity index (χ1n) is 7.08. The van der Waals surface area contributed by atoms with Gasteiger partial charge in [0.05, 0.1) is 10.4 Å². The van der Waals surface area contributed by atoms with Gasteiger partial charge in [0, 0.05) is 6.04 Å². The Morgan fingerprint density at radius 3 is 2.50 bits per heavy atom. The minimum atomic E-state index is -0.550. The summed E-state index contributed by atoms with van der Waals surface area (Å²) in [6.07, 6.45) is 6.38. The lowest BCUT2D eigenvalue weighted by atomic mass is 9.62. The van der Waals surface area contributed by atoms with E-state index in [-0.39, 0.29) is 5.91 Å². The third-order valence-electron chi connectivity index (χ3n) is 4.44. The van der Waals surface area contributed by atoms with Crippen molar-refractivity contribution in [2.24, 2.45) is 23.0 Å². The highest BCUT2D eigenvalue weighted by Crippen LogP contribution is 2.46. The molecule has 0 heterocycles. The molecule has 1 amide bonds. The molecule has 0 aromatic heterocycles. The molecule has 0 spiro atoms. The van der Waals surface area contributed by atoms with Crippen molar-refractivity contribution < 1.29 is 4.79 Å². The Hall–Kier alpha value is -0.640. The Balaban J connectivity index is 1.94. The van der Waals surface area contributed by atoms with Crippen molar-refractivity contribution in [2.45, 2.75) is 58.4 Å². The van der Waals surface area contributed by atoms with Gasteiger partial charge in [-0.1, -0.05) is 38.9 Å². The average molecular weight is 268 g/mol. The van der Waals surface area contributed by atoms with E-state index in [1.165, 1.54) is 12.8 Å². The van der Waals surface area contributed by atoms with Crippen LogP contribution in [0, 0.1) is 17.3 Å². The topological polar surface area (TPSA) is 55.1 Å². The van der Waals surface area contributed by atoms with E-state index in [0.717, 1.165) is 31.6 Å². The molecule has 3 nitrogen and oxygen atoms in total. The normalized spacial score (nSPS) is 32.4. The fraction of sp³-hybridized carbons (Fsp3) is 0.857. The van der Waals surface area contributed by atoms with Gasteiger partial charge in [-0.2, -0.15) is 0 Å². The summed E-state index contributed by atoms with van der Waals surface area (Å²) in [4.78, 5) is 12.8. The Labute approximate surface area is 115 Å². The summed E-state index contributed by atoms with van der Waals surface area (Å²) in [7, 11) is 0. The molecule has 0 aromatic carbocycles. The summed E-state index contributed by atoms with van der Waals surface area (Å²) in [5.74, 6) is 1.46. The zero-order valence-electron chi connectivity index (χ0n) is 11.4. The van der Waals surface area contributed by atoms with E-state index in [0.29, 0.717) is 16.9 Å². The number of rotatable bonds is 6. The van der Waals surface area contributed by atoms with Gasteiger partial charge in [0.25, 0.3) is 0 Å². The van der Waals surface area contributed by atoms with Gasteiger partial charge in [-0.05, 0) is 37.5 Å². The standard InChI is InChI=1S/C14H24N2OS/c1-3-11(6-10-4-5-10)16-13(17)14(12(15)18)7-9(2)8-14/h9-11H,3-8H2,1-2H3,(H2,15,18)(H,16,17). The largest absolute Gasteiger partial charge is 0.392 e. The molecular formula is C14H24N2OS. The lowest BCUT2D eigenvalue weighted by Crippen LogP contribution is -2.57. The fourth-order valence-electron chi connectivity index (χ4n) is 3.04. The highest BCUT2D eigenvalue weighted by atomic mass is 32.1. The second-order valence-electron chi connectivity index (χ2n) is 6.22. The van der Waals surface area contributed by atoms with Crippen LogP contribution in [-0.2, 0) is 4.79 Å².